The Balaban J connectivity index is 1.46. The van der Waals surface area contributed by atoms with Crippen molar-refractivity contribution >= 4 is 24.3 Å². The van der Waals surface area contributed by atoms with E-state index in [-0.39, 0.29) is 0 Å². The van der Waals surface area contributed by atoms with Crippen LogP contribution in [-0.4, -0.2) is 0 Å². The molecule has 146 valence electrons. The molecule has 0 aliphatic heterocycles. The molecule has 0 fully saturated rings. The van der Waals surface area contributed by atoms with E-state index in [1.807, 2.05) is 0 Å². The summed E-state index contributed by atoms with van der Waals surface area (Å²) in [6.07, 6.45) is 8.71. The Hall–Kier alpha value is -3.64. The van der Waals surface area contributed by atoms with Crippen molar-refractivity contribution in [3.05, 3.63) is 130 Å². The van der Waals surface area contributed by atoms with Crippen LogP contribution in [0.4, 0.5) is 0 Å². The number of aryl methyl sites for hydroxylation is 2. The predicted molar refractivity (Wildman–Crippen MR) is 132 cm³/mol. The summed E-state index contributed by atoms with van der Waals surface area (Å²) in [6, 6.07) is 34.4. The molecular formula is C30H26. The van der Waals surface area contributed by atoms with E-state index in [1.165, 1.54) is 44.5 Å². The van der Waals surface area contributed by atoms with Crippen LogP contribution in [0.25, 0.3) is 35.4 Å². The van der Waals surface area contributed by atoms with Crippen molar-refractivity contribution in [3.63, 3.8) is 0 Å². The first kappa shape index (κ1) is 19.7. The largest absolute Gasteiger partial charge is 0.0620 e. The van der Waals surface area contributed by atoms with Crippen LogP contribution >= 0.6 is 0 Å². The lowest BCUT2D eigenvalue weighted by Crippen LogP contribution is -1.81. The van der Waals surface area contributed by atoms with Gasteiger partial charge in [0.25, 0.3) is 0 Å². The zero-order valence-electron chi connectivity index (χ0n) is 17.5. The second-order valence-electron chi connectivity index (χ2n) is 7.62. The summed E-state index contributed by atoms with van der Waals surface area (Å²) in [4.78, 5) is 0. The van der Waals surface area contributed by atoms with Gasteiger partial charge in [-0.1, -0.05) is 121 Å². The normalized spacial score (nSPS) is 11.4. The smallest absolute Gasteiger partial charge is 0.0184 e. The summed E-state index contributed by atoms with van der Waals surface area (Å²) in [5, 5.41) is 0. The molecule has 0 saturated heterocycles. The highest BCUT2D eigenvalue weighted by atomic mass is 14.0. The van der Waals surface area contributed by atoms with Crippen molar-refractivity contribution in [2.24, 2.45) is 0 Å². The molecule has 0 N–H and O–H groups in total. The van der Waals surface area contributed by atoms with Gasteiger partial charge in [0.2, 0.25) is 0 Å². The second-order valence-corrected chi connectivity index (χ2v) is 7.62. The zero-order chi connectivity index (χ0) is 20.8. The van der Waals surface area contributed by atoms with Crippen LogP contribution < -0.4 is 0 Å². The van der Waals surface area contributed by atoms with Crippen molar-refractivity contribution in [1.29, 1.82) is 0 Å². The Bertz CT molecular complexity index is 1080. The molecule has 4 aromatic carbocycles. The quantitative estimate of drug-likeness (QED) is 0.302. The monoisotopic (exact) mass is 386 g/mol. The van der Waals surface area contributed by atoms with Gasteiger partial charge in [0.15, 0.2) is 0 Å². The first-order chi connectivity index (χ1) is 14.7. The molecule has 0 bridgehead atoms. The van der Waals surface area contributed by atoms with E-state index in [1.54, 1.807) is 0 Å². The highest BCUT2D eigenvalue weighted by Gasteiger charge is 1.99. The van der Waals surface area contributed by atoms with Crippen molar-refractivity contribution in [1.82, 2.24) is 0 Å². The summed E-state index contributed by atoms with van der Waals surface area (Å²) in [7, 11) is 0. The van der Waals surface area contributed by atoms with Crippen molar-refractivity contribution < 1.29 is 0 Å². The SMILES string of the molecule is Cc1ccccc1/C=C/c1ccc(-c2ccc(/C=C/c3ccccc3C)cc2)cc1. The number of hydrogen-bond donors (Lipinski definition) is 0. The molecule has 0 saturated carbocycles. The molecule has 0 heteroatoms. The van der Waals surface area contributed by atoms with Crippen LogP contribution in [0.5, 0.6) is 0 Å². The molecule has 0 aromatic heterocycles. The Kier molecular flexibility index (Phi) is 6.06. The minimum absolute atomic E-state index is 1.21. The summed E-state index contributed by atoms with van der Waals surface area (Å²) in [5.41, 5.74) is 9.99. The Labute approximate surface area is 179 Å². The summed E-state index contributed by atoms with van der Waals surface area (Å²) in [6.45, 7) is 4.28. The van der Waals surface area contributed by atoms with E-state index in [9.17, 15) is 0 Å². The highest BCUT2D eigenvalue weighted by Crippen LogP contribution is 2.22. The van der Waals surface area contributed by atoms with Gasteiger partial charge in [-0.3, -0.25) is 0 Å². The van der Waals surface area contributed by atoms with Crippen LogP contribution in [-0.2, 0) is 0 Å². The Morgan fingerprint density at radius 3 is 1.13 bits per heavy atom. The average molecular weight is 387 g/mol. The van der Waals surface area contributed by atoms with E-state index in [4.69, 9.17) is 0 Å². The van der Waals surface area contributed by atoms with Gasteiger partial charge in [-0.15, -0.1) is 0 Å². The molecule has 0 heterocycles. The predicted octanol–water partition coefficient (Wildman–Crippen LogP) is 8.31. The highest BCUT2D eigenvalue weighted by molar-refractivity contribution is 5.75. The van der Waals surface area contributed by atoms with Crippen molar-refractivity contribution in [3.8, 4) is 11.1 Å². The summed E-state index contributed by atoms with van der Waals surface area (Å²) < 4.78 is 0. The maximum absolute atomic E-state index is 2.19. The van der Waals surface area contributed by atoms with Crippen LogP contribution in [0.1, 0.15) is 33.4 Å². The van der Waals surface area contributed by atoms with Crippen molar-refractivity contribution in [2.45, 2.75) is 13.8 Å². The molecule has 4 aromatic rings. The fraction of sp³-hybridized carbons (Fsp3) is 0.0667. The maximum atomic E-state index is 2.19. The zero-order valence-corrected chi connectivity index (χ0v) is 17.5. The van der Waals surface area contributed by atoms with Gasteiger partial charge in [0.1, 0.15) is 0 Å². The van der Waals surface area contributed by atoms with E-state index < -0.39 is 0 Å². The van der Waals surface area contributed by atoms with Crippen LogP contribution in [0.2, 0.25) is 0 Å². The van der Waals surface area contributed by atoms with Crippen LogP contribution in [0, 0.1) is 13.8 Å². The molecule has 0 spiro atoms. The first-order valence-electron chi connectivity index (χ1n) is 10.4. The molecular weight excluding hydrogens is 360 g/mol. The third-order valence-electron chi connectivity index (χ3n) is 5.44. The number of rotatable bonds is 5. The van der Waals surface area contributed by atoms with Crippen LogP contribution in [0.3, 0.4) is 0 Å². The average Bonchev–Trinajstić information content (AvgIpc) is 2.79. The first-order valence-corrected chi connectivity index (χ1v) is 10.4. The van der Waals surface area contributed by atoms with E-state index >= 15 is 0 Å². The lowest BCUT2D eigenvalue weighted by atomic mass is 10.0. The summed E-state index contributed by atoms with van der Waals surface area (Å²) in [5.74, 6) is 0. The van der Waals surface area contributed by atoms with E-state index in [0.717, 1.165) is 0 Å². The Morgan fingerprint density at radius 2 is 0.767 bits per heavy atom. The molecule has 0 nitrogen and oxygen atoms in total. The molecule has 0 amide bonds. The fourth-order valence-corrected chi connectivity index (χ4v) is 3.49. The van der Waals surface area contributed by atoms with E-state index in [2.05, 4.69) is 135 Å². The van der Waals surface area contributed by atoms with Gasteiger partial charge in [-0.25, -0.2) is 0 Å². The minimum atomic E-state index is 1.21. The van der Waals surface area contributed by atoms with E-state index in [0.29, 0.717) is 0 Å². The minimum Gasteiger partial charge on any atom is -0.0620 e. The number of hydrogen-bond acceptors (Lipinski definition) is 0. The van der Waals surface area contributed by atoms with Crippen LogP contribution in [0.15, 0.2) is 97.1 Å². The molecule has 30 heavy (non-hydrogen) atoms. The van der Waals surface area contributed by atoms with Crippen molar-refractivity contribution in [2.75, 3.05) is 0 Å². The molecule has 4 rings (SSSR count). The standard InChI is InChI=1S/C30H26/c1-23-7-3-5-9-27(23)17-11-25-13-19-29(20-14-25)30-21-15-26(16-22-30)12-18-28-10-6-4-8-24(28)2/h3-22H,1-2H3/b17-11+,18-12+. The molecule has 0 radical (unpaired) electrons. The lowest BCUT2D eigenvalue weighted by molar-refractivity contribution is 1.45. The third kappa shape index (κ3) is 4.85. The van der Waals surface area contributed by atoms with Gasteiger partial charge in [0, 0.05) is 0 Å². The summed E-state index contributed by atoms with van der Waals surface area (Å²) >= 11 is 0. The van der Waals surface area contributed by atoms with Gasteiger partial charge < -0.3 is 0 Å². The molecule has 0 aliphatic rings. The molecule has 0 atom stereocenters. The fourth-order valence-electron chi connectivity index (χ4n) is 3.49. The van der Waals surface area contributed by atoms with Gasteiger partial charge >= 0.3 is 0 Å². The maximum Gasteiger partial charge on any atom is -0.0184 e. The lowest BCUT2D eigenvalue weighted by Gasteiger charge is -2.04. The molecule has 0 aliphatic carbocycles. The third-order valence-corrected chi connectivity index (χ3v) is 5.44. The Morgan fingerprint density at radius 1 is 0.400 bits per heavy atom. The number of benzene rings is 4. The second kappa shape index (κ2) is 9.24. The molecule has 0 unspecified atom stereocenters. The van der Waals surface area contributed by atoms with Gasteiger partial charge in [-0.05, 0) is 58.4 Å². The van der Waals surface area contributed by atoms with Gasteiger partial charge in [-0.2, -0.15) is 0 Å². The van der Waals surface area contributed by atoms with Gasteiger partial charge in [0.05, 0.1) is 0 Å². The topological polar surface area (TPSA) is 0 Å².